The van der Waals surface area contributed by atoms with E-state index >= 15 is 0 Å². The maximum absolute atomic E-state index is 12.5. The van der Waals surface area contributed by atoms with Crippen LogP contribution in [-0.2, 0) is 4.79 Å². The summed E-state index contributed by atoms with van der Waals surface area (Å²) in [5.74, 6) is 0.869. The summed E-state index contributed by atoms with van der Waals surface area (Å²) >= 11 is 0. The van der Waals surface area contributed by atoms with Gasteiger partial charge in [0.15, 0.2) is 5.78 Å². The first-order chi connectivity index (χ1) is 12.6. The zero-order valence-corrected chi connectivity index (χ0v) is 15.2. The van der Waals surface area contributed by atoms with E-state index in [2.05, 4.69) is 17.6 Å². The van der Waals surface area contributed by atoms with Gasteiger partial charge in [0.2, 0.25) is 5.91 Å². The number of hydrogen-bond acceptors (Lipinski definition) is 3. The van der Waals surface area contributed by atoms with Crippen LogP contribution in [0, 0.1) is 11.8 Å². The normalized spacial score (nSPS) is 18.1. The van der Waals surface area contributed by atoms with E-state index in [1.807, 2.05) is 24.3 Å². The fourth-order valence-electron chi connectivity index (χ4n) is 3.53. The summed E-state index contributed by atoms with van der Waals surface area (Å²) in [6.07, 6.45) is 2.87. The fourth-order valence-corrected chi connectivity index (χ4v) is 3.53. The Bertz CT molecular complexity index is 752. The molecule has 1 heterocycles. The van der Waals surface area contributed by atoms with Gasteiger partial charge < -0.3 is 10.6 Å². The van der Waals surface area contributed by atoms with Gasteiger partial charge in [0.1, 0.15) is 0 Å². The second kappa shape index (κ2) is 8.77. The van der Waals surface area contributed by atoms with Crippen LogP contribution in [0.3, 0.4) is 0 Å². The van der Waals surface area contributed by atoms with Crippen molar-refractivity contribution in [3.05, 3.63) is 65.7 Å². The molecule has 0 radical (unpaired) electrons. The molecule has 3 rings (SSSR count). The summed E-state index contributed by atoms with van der Waals surface area (Å²) in [4.78, 5) is 24.9. The predicted octanol–water partition coefficient (Wildman–Crippen LogP) is 3.88. The van der Waals surface area contributed by atoms with Crippen LogP contribution < -0.4 is 10.6 Å². The first-order valence-corrected chi connectivity index (χ1v) is 9.34. The van der Waals surface area contributed by atoms with E-state index in [-0.39, 0.29) is 11.7 Å². The number of ketones is 1. The van der Waals surface area contributed by atoms with E-state index in [0.717, 1.165) is 13.1 Å². The molecule has 2 aromatic carbocycles. The number of benzene rings is 2. The summed E-state index contributed by atoms with van der Waals surface area (Å²) in [6.45, 7) is 4.22. The van der Waals surface area contributed by atoms with Crippen LogP contribution in [0.2, 0.25) is 0 Å². The van der Waals surface area contributed by atoms with E-state index in [0.29, 0.717) is 35.1 Å². The van der Waals surface area contributed by atoms with E-state index in [1.165, 1.54) is 12.8 Å². The molecule has 4 nitrogen and oxygen atoms in total. The maximum atomic E-state index is 12.5. The minimum absolute atomic E-state index is 0.00684. The van der Waals surface area contributed by atoms with Crippen LogP contribution in [0.15, 0.2) is 54.6 Å². The van der Waals surface area contributed by atoms with Crippen LogP contribution in [0.5, 0.6) is 0 Å². The lowest BCUT2D eigenvalue weighted by Gasteiger charge is -2.28. The summed E-state index contributed by atoms with van der Waals surface area (Å²) in [7, 11) is 0. The van der Waals surface area contributed by atoms with Gasteiger partial charge in [-0.25, -0.2) is 0 Å². The van der Waals surface area contributed by atoms with Crippen LogP contribution >= 0.6 is 0 Å². The Morgan fingerprint density at radius 3 is 2.62 bits per heavy atom. The molecule has 136 valence electrons. The number of amides is 1. The van der Waals surface area contributed by atoms with Gasteiger partial charge in [-0.2, -0.15) is 0 Å². The Labute approximate surface area is 155 Å². The van der Waals surface area contributed by atoms with Crippen molar-refractivity contribution in [1.82, 2.24) is 5.32 Å². The predicted molar refractivity (Wildman–Crippen MR) is 104 cm³/mol. The van der Waals surface area contributed by atoms with Gasteiger partial charge in [-0.15, -0.1) is 0 Å². The van der Waals surface area contributed by atoms with Gasteiger partial charge >= 0.3 is 0 Å². The first-order valence-electron chi connectivity index (χ1n) is 9.34. The quantitative estimate of drug-likeness (QED) is 0.777. The van der Waals surface area contributed by atoms with Crippen LogP contribution in [0.4, 0.5) is 5.69 Å². The summed E-state index contributed by atoms with van der Waals surface area (Å²) in [5.41, 5.74) is 1.90. The van der Waals surface area contributed by atoms with Gasteiger partial charge in [-0.1, -0.05) is 49.4 Å². The third-order valence-corrected chi connectivity index (χ3v) is 5.09. The lowest BCUT2D eigenvalue weighted by atomic mass is 9.85. The van der Waals surface area contributed by atoms with Crippen molar-refractivity contribution in [2.75, 3.05) is 18.4 Å². The molecule has 1 saturated heterocycles. The van der Waals surface area contributed by atoms with Crippen molar-refractivity contribution in [3.63, 3.8) is 0 Å². The highest BCUT2D eigenvalue weighted by Crippen LogP contribution is 2.23. The summed E-state index contributed by atoms with van der Waals surface area (Å²) in [6, 6.07) is 16.3. The van der Waals surface area contributed by atoms with E-state index in [4.69, 9.17) is 0 Å². The van der Waals surface area contributed by atoms with Gasteiger partial charge in [0, 0.05) is 23.2 Å². The number of nitrogens with one attached hydrogen (secondary N) is 2. The SMILES string of the molecule is CC(CC(=O)Nc1cccc(C(=O)c2ccccc2)c1)C1CCCNC1. The average Bonchev–Trinajstić information content (AvgIpc) is 2.69. The molecule has 26 heavy (non-hydrogen) atoms. The Kier molecular flexibility index (Phi) is 6.18. The molecular formula is C22H26N2O2. The zero-order chi connectivity index (χ0) is 18.4. The third kappa shape index (κ3) is 4.79. The van der Waals surface area contributed by atoms with Crippen molar-refractivity contribution < 1.29 is 9.59 Å². The van der Waals surface area contributed by atoms with Crippen LogP contribution in [0.1, 0.15) is 42.1 Å². The molecule has 0 aromatic heterocycles. The minimum Gasteiger partial charge on any atom is -0.326 e. The number of piperidine rings is 1. The number of anilines is 1. The highest BCUT2D eigenvalue weighted by Gasteiger charge is 2.22. The van der Waals surface area contributed by atoms with Crippen molar-refractivity contribution in [2.24, 2.45) is 11.8 Å². The molecule has 2 atom stereocenters. The summed E-state index contributed by atoms with van der Waals surface area (Å²) in [5, 5.41) is 6.35. The molecule has 2 N–H and O–H groups in total. The van der Waals surface area contributed by atoms with Crippen molar-refractivity contribution in [2.45, 2.75) is 26.2 Å². The van der Waals surface area contributed by atoms with Gasteiger partial charge in [0.05, 0.1) is 0 Å². The minimum atomic E-state index is -0.0386. The molecule has 1 aliphatic rings. The summed E-state index contributed by atoms with van der Waals surface area (Å²) < 4.78 is 0. The van der Waals surface area contributed by atoms with Crippen LogP contribution in [-0.4, -0.2) is 24.8 Å². The monoisotopic (exact) mass is 350 g/mol. The third-order valence-electron chi connectivity index (χ3n) is 5.09. The molecule has 0 aliphatic carbocycles. The molecule has 2 aromatic rings. The Balaban J connectivity index is 1.61. The van der Waals surface area contributed by atoms with Crippen LogP contribution in [0.25, 0.3) is 0 Å². The second-order valence-electron chi connectivity index (χ2n) is 7.11. The molecule has 2 unspecified atom stereocenters. The first kappa shape index (κ1) is 18.3. The van der Waals surface area contributed by atoms with Crippen molar-refractivity contribution >= 4 is 17.4 Å². The van der Waals surface area contributed by atoms with Crippen molar-refractivity contribution in [3.8, 4) is 0 Å². The highest BCUT2D eigenvalue weighted by molar-refractivity contribution is 6.09. The number of carbonyl (C=O) groups excluding carboxylic acids is 2. The van der Waals surface area contributed by atoms with Crippen molar-refractivity contribution in [1.29, 1.82) is 0 Å². The second-order valence-corrected chi connectivity index (χ2v) is 7.11. The smallest absolute Gasteiger partial charge is 0.224 e. The van der Waals surface area contributed by atoms with E-state index in [9.17, 15) is 9.59 Å². The van der Waals surface area contributed by atoms with Gasteiger partial charge in [0.25, 0.3) is 0 Å². The van der Waals surface area contributed by atoms with Gasteiger partial charge in [-0.3, -0.25) is 9.59 Å². The van der Waals surface area contributed by atoms with E-state index in [1.54, 1.807) is 30.3 Å². The van der Waals surface area contributed by atoms with E-state index < -0.39 is 0 Å². The molecule has 1 fully saturated rings. The molecule has 1 amide bonds. The molecule has 1 aliphatic heterocycles. The standard InChI is InChI=1S/C22H26N2O2/c1-16(19-10-6-12-23-15-19)13-21(25)24-20-11-5-9-18(14-20)22(26)17-7-3-2-4-8-17/h2-5,7-9,11,14,16,19,23H,6,10,12-13,15H2,1H3,(H,24,25). The molecule has 4 heteroatoms. The average molecular weight is 350 g/mol. The lowest BCUT2D eigenvalue weighted by Crippen LogP contribution is -2.34. The largest absolute Gasteiger partial charge is 0.326 e. The fraction of sp³-hybridized carbons (Fsp3) is 0.364. The Hall–Kier alpha value is -2.46. The lowest BCUT2D eigenvalue weighted by molar-refractivity contribution is -0.117. The number of hydrogen-bond donors (Lipinski definition) is 2. The molecule has 0 saturated carbocycles. The number of rotatable bonds is 6. The molecular weight excluding hydrogens is 324 g/mol. The Morgan fingerprint density at radius 2 is 1.88 bits per heavy atom. The topological polar surface area (TPSA) is 58.2 Å². The Morgan fingerprint density at radius 1 is 1.12 bits per heavy atom. The molecule has 0 bridgehead atoms. The molecule has 0 spiro atoms. The van der Waals surface area contributed by atoms with Gasteiger partial charge in [-0.05, 0) is 49.9 Å². The highest BCUT2D eigenvalue weighted by atomic mass is 16.1. The zero-order valence-electron chi connectivity index (χ0n) is 15.2. The number of carbonyl (C=O) groups is 2. The maximum Gasteiger partial charge on any atom is 0.224 e.